The first kappa shape index (κ1) is 7.30. The minimum atomic E-state index is 0. The molecule has 1 rings (SSSR count). The molecule has 7 heavy (non-hydrogen) atoms. The number of hydrogen-bond acceptors (Lipinski definition) is 3. The largest absolute Gasteiger partial charge is 0.248 e. The van der Waals surface area contributed by atoms with Crippen molar-refractivity contribution in [2.24, 2.45) is 5.10 Å². The average molecular weight is 208 g/mol. The molecule has 1 heterocycles. The van der Waals surface area contributed by atoms with Crippen molar-refractivity contribution in [1.82, 2.24) is 4.83 Å². The summed E-state index contributed by atoms with van der Waals surface area (Å²) in [6, 6.07) is 0. The van der Waals surface area contributed by atoms with Crippen LogP contribution in [-0.2, 0) is 22.4 Å². The molecular formula is C3H4AgN2S. The molecule has 0 fully saturated rings. The van der Waals surface area contributed by atoms with Crippen LogP contribution in [0.1, 0.15) is 0 Å². The molecule has 0 aromatic rings. The van der Waals surface area contributed by atoms with Gasteiger partial charge in [-0.1, -0.05) is 0 Å². The Morgan fingerprint density at radius 3 is 2.57 bits per heavy atom. The fourth-order valence-corrected chi connectivity index (χ4v) is 0.540. The zero-order valence-electron chi connectivity index (χ0n) is 3.39. The summed E-state index contributed by atoms with van der Waals surface area (Å²) in [6.07, 6.45) is 3.58. The molecule has 0 amide bonds. The summed E-state index contributed by atoms with van der Waals surface area (Å²) in [4.78, 5) is 2.68. The van der Waals surface area contributed by atoms with Crippen molar-refractivity contribution in [3.8, 4) is 0 Å². The van der Waals surface area contributed by atoms with Crippen molar-refractivity contribution in [2.75, 3.05) is 0 Å². The first-order chi connectivity index (χ1) is 3.00. The molecule has 2 nitrogen and oxygen atoms in total. The van der Waals surface area contributed by atoms with Crippen molar-refractivity contribution in [2.45, 2.75) is 0 Å². The monoisotopic (exact) mass is 207 g/mol. The van der Waals surface area contributed by atoms with E-state index in [1.54, 1.807) is 6.21 Å². The van der Waals surface area contributed by atoms with Crippen LogP contribution in [0.25, 0.3) is 0 Å². The van der Waals surface area contributed by atoms with Crippen molar-refractivity contribution in [3.63, 3.8) is 0 Å². The molecule has 1 N–H and O–H groups in total. The third kappa shape index (κ3) is 2.94. The van der Waals surface area contributed by atoms with Crippen LogP contribution in [0, 0.1) is 0 Å². The van der Waals surface area contributed by atoms with Gasteiger partial charge in [0, 0.05) is 28.6 Å². The minimum Gasteiger partial charge on any atom is -0.248 e. The zero-order valence-corrected chi connectivity index (χ0v) is 5.69. The molecule has 0 spiro atoms. The van der Waals surface area contributed by atoms with Crippen LogP contribution in [0.2, 0.25) is 0 Å². The van der Waals surface area contributed by atoms with Gasteiger partial charge in [-0.3, -0.25) is 0 Å². The second-order valence-electron chi connectivity index (χ2n) is 0.816. The Morgan fingerprint density at radius 1 is 1.57 bits per heavy atom. The van der Waals surface area contributed by atoms with Crippen molar-refractivity contribution < 1.29 is 22.4 Å². The SMILES string of the molecule is C1=CSNN=C1.[Ag]. The second kappa shape index (κ2) is 4.46. The maximum atomic E-state index is 3.68. The van der Waals surface area contributed by atoms with Crippen LogP contribution >= 0.6 is 11.9 Å². The number of hydrazone groups is 1. The van der Waals surface area contributed by atoms with Crippen molar-refractivity contribution >= 4 is 18.2 Å². The molecule has 4 heteroatoms. The van der Waals surface area contributed by atoms with E-state index in [9.17, 15) is 0 Å². The van der Waals surface area contributed by atoms with E-state index in [0.717, 1.165) is 0 Å². The fraction of sp³-hybridized carbons (Fsp3) is 0. The Labute approximate surface area is 62.1 Å². The summed E-state index contributed by atoms with van der Waals surface area (Å²) in [6.45, 7) is 0. The summed E-state index contributed by atoms with van der Waals surface area (Å²) in [5, 5.41) is 5.60. The van der Waals surface area contributed by atoms with Crippen molar-refractivity contribution in [1.29, 1.82) is 0 Å². The number of nitrogens with one attached hydrogen (secondary N) is 1. The van der Waals surface area contributed by atoms with Gasteiger partial charge < -0.3 is 0 Å². The van der Waals surface area contributed by atoms with E-state index in [-0.39, 0.29) is 22.4 Å². The van der Waals surface area contributed by atoms with Gasteiger partial charge in [-0.2, -0.15) is 5.10 Å². The molecule has 1 aliphatic rings. The summed E-state index contributed by atoms with van der Waals surface area (Å²) < 4.78 is 0. The Kier molecular flexibility index (Phi) is 4.65. The van der Waals surface area contributed by atoms with E-state index in [1.165, 1.54) is 11.9 Å². The molecule has 0 aromatic heterocycles. The predicted octanol–water partition coefficient (Wildman–Crippen LogP) is 0.735. The van der Waals surface area contributed by atoms with Gasteiger partial charge in [0.25, 0.3) is 0 Å². The van der Waals surface area contributed by atoms with E-state index in [1.807, 2.05) is 11.5 Å². The topological polar surface area (TPSA) is 24.4 Å². The van der Waals surface area contributed by atoms with Gasteiger partial charge in [0.1, 0.15) is 0 Å². The van der Waals surface area contributed by atoms with E-state index in [0.29, 0.717) is 0 Å². The Morgan fingerprint density at radius 2 is 2.43 bits per heavy atom. The molecule has 1 aliphatic heterocycles. The molecular weight excluding hydrogens is 204 g/mol. The molecule has 0 aliphatic carbocycles. The maximum Gasteiger partial charge on any atom is 0.0484 e. The molecule has 43 valence electrons. The van der Waals surface area contributed by atoms with Crippen LogP contribution in [0.4, 0.5) is 0 Å². The first-order valence-electron chi connectivity index (χ1n) is 1.59. The van der Waals surface area contributed by atoms with Gasteiger partial charge in [-0.25, -0.2) is 4.83 Å². The quantitative estimate of drug-likeness (QED) is 0.468. The van der Waals surface area contributed by atoms with Crippen LogP contribution < -0.4 is 4.83 Å². The van der Waals surface area contributed by atoms with E-state index in [2.05, 4.69) is 9.93 Å². The number of rotatable bonds is 0. The molecule has 0 saturated heterocycles. The Bertz CT molecular complexity index is 78.9. The van der Waals surface area contributed by atoms with Gasteiger partial charge in [-0.05, 0) is 23.4 Å². The molecule has 0 saturated carbocycles. The molecule has 1 radical (unpaired) electrons. The van der Waals surface area contributed by atoms with Gasteiger partial charge in [0.15, 0.2) is 0 Å². The van der Waals surface area contributed by atoms with Crippen LogP contribution in [0.3, 0.4) is 0 Å². The van der Waals surface area contributed by atoms with Crippen LogP contribution in [0.5, 0.6) is 0 Å². The average Bonchev–Trinajstić information content (AvgIpc) is 1.72. The maximum absolute atomic E-state index is 3.68. The smallest absolute Gasteiger partial charge is 0.0484 e. The second-order valence-corrected chi connectivity index (χ2v) is 1.51. The Balaban J connectivity index is 0.000000360. The van der Waals surface area contributed by atoms with Gasteiger partial charge in [-0.15, -0.1) is 0 Å². The summed E-state index contributed by atoms with van der Waals surface area (Å²) in [7, 11) is 0. The van der Waals surface area contributed by atoms with Crippen molar-refractivity contribution in [3.05, 3.63) is 11.5 Å². The summed E-state index contributed by atoms with van der Waals surface area (Å²) >= 11 is 1.47. The minimum absolute atomic E-state index is 0. The van der Waals surface area contributed by atoms with Crippen LogP contribution in [0.15, 0.2) is 16.6 Å². The standard InChI is InChI=1S/C3H4N2S.Ag/c1-2-4-5-6-3-1;/h1-3,5H;. The molecule has 0 bridgehead atoms. The normalized spacial score (nSPS) is 14.9. The third-order valence-corrected chi connectivity index (χ3v) is 0.917. The number of nitrogens with zero attached hydrogens (tertiary/aromatic N) is 1. The first-order valence-corrected chi connectivity index (χ1v) is 2.47. The fourth-order valence-electron chi connectivity index (χ4n) is 0.209. The molecule has 0 unspecified atom stereocenters. The van der Waals surface area contributed by atoms with Gasteiger partial charge in [0.2, 0.25) is 0 Å². The Hall–Kier alpha value is 0.300. The number of allylic oxidation sites excluding steroid dienone is 1. The van der Waals surface area contributed by atoms with E-state index >= 15 is 0 Å². The predicted molar refractivity (Wildman–Crippen MR) is 28.4 cm³/mol. The molecule has 0 aromatic carbocycles. The van der Waals surface area contributed by atoms with Gasteiger partial charge in [0.05, 0.1) is 0 Å². The molecule has 0 atom stereocenters. The summed E-state index contributed by atoms with van der Waals surface area (Å²) in [5.74, 6) is 0. The number of hydrogen-bond donors (Lipinski definition) is 1. The van der Waals surface area contributed by atoms with Gasteiger partial charge >= 0.3 is 0 Å². The van der Waals surface area contributed by atoms with Crippen LogP contribution in [-0.4, -0.2) is 6.21 Å². The zero-order chi connectivity index (χ0) is 4.24. The third-order valence-electron chi connectivity index (χ3n) is 0.413. The van der Waals surface area contributed by atoms with E-state index in [4.69, 9.17) is 0 Å². The summed E-state index contributed by atoms with van der Waals surface area (Å²) in [5.41, 5.74) is 0. The van der Waals surface area contributed by atoms with E-state index < -0.39 is 0 Å².